The monoisotopic (exact) mass is 151 g/mol. The first-order chi connectivity index (χ1) is 5.45. The Morgan fingerprint density at radius 1 is 1.55 bits per heavy atom. The van der Waals surface area contributed by atoms with Crippen molar-refractivity contribution in [3.8, 4) is 0 Å². The van der Waals surface area contributed by atoms with Gasteiger partial charge in [0.1, 0.15) is 18.3 Å². The van der Waals surface area contributed by atoms with E-state index in [4.69, 9.17) is 4.42 Å². The standard InChI is InChI=1S/C5H5N5O/c1(5-2-11-4-6-5)10-3-7-8-9-10/h2-4H,1H2. The van der Waals surface area contributed by atoms with Gasteiger partial charge in [0.05, 0.1) is 6.54 Å². The second-order valence-corrected chi connectivity index (χ2v) is 1.99. The van der Waals surface area contributed by atoms with Crippen LogP contribution in [0, 0.1) is 0 Å². The van der Waals surface area contributed by atoms with Crippen LogP contribution in [-0.2, 0) is 6.54 Å². The van der Waals surface area contributed by atoms with Crippen LogP contribution in [0.1, 0.15) is 5.69 Å². The maximum Gasteiger partial charge on any atom is 0.180 e. The number of rotatable bonds is 2. The first kappa shape index (κ1) is 6.02. The Hall–Kier alpha value is -1.72. The Morgan fingerprint density at radius 2 is 2.55 bits per heavy atom. The number of oxazole rings is 1. The number of hydrogen-bond acceptors (Lipinski definition) is 5. The molecule has 11 heavy (non-hydrogen) atoms. The smallest absolute Gasteiger partial charge is 0.180 e. The van der Waals surface area contributed by atoms with E-state index in [0.717, 1.165) is 5.69 Å². The lowest BCUT2D eigenvalue weighted by Gasteiger charge is -1.90. The third-order valence-electron chi connectivity index (χ3n) is 1.20. The van der Waals surface area contributed by atoms with E-state index in [1.807, 2.05) is 0 Å². The van der Waals surface area contributed by atoms with Gasteiger partial charge in [-0.1, -0.05) is 0 Å². The summed E-state index contributed by atoms with van der Waals surface area (Å²) in [6, 6.07) is 0. The third kappa shape index (κ3) is 1.23. The summed E-state index contributed by atoms with van der Waals surface area (Å²) < 4.78 is 6.34. The molecule has 0 saturated heterocycles. The molecule has 56 valence electrons. The summed E-state index contributed by atoms with van der Waals surface area (Å²) in [6.45, 7) is 0.545. The van der Waals surface area contributed by atoms with Crippen LogP contribution in [0.2, 0.25) is 0 Å². The highest BCUT2D eigenvalue weighted by Gasteiger charge is 1.97. The summed E-state index contributed by atoms with van der Waals surface area (Å²) in [6.07, 6.45) is 4.45. The Kier molecular flexibility index (Phi) is 1.36. The minimum atomic E-state index is 0.545. The van der Waals surface area contributed by atoms with Crippen LogP contribution < -0.4 is 0 Å². The Morgan fingerprint density at radius 3 is 3.18 bits per heavy atom. The summed E-state index contributed by atoms with van der Waals surface area (Å²) in [5.41, 5.74) is 0.803. The highest BCUT2D eigenvalue weighted by atomic mass is 16.3. The van der Waals surface area contributed by atoms with E-state index in [-0.39, 0.29) is 0 Å². The lowest BCUT2D eigenvalue weighted by Crippen LogP contribution is -2.00. The fraction of sp³-hybridized carbons (Fsp3) is 0.200. The molecule has 0 bridgehead atoms. The predicted molar refractivity (Wildman–Crippen MR) is 33.4 cm³/mol. The van der Waals surface area contributed by atoms with Gasteiger partial charge in [-0.25, -0.2) is 9.67 Å². The zero-order valence-corrected chi connectivity index (χ0v) is 5.58. The summed E-state index contributed by atoms with van der Waals surface area (Å²) in [4.78, 5) is 3.91. The van der Waals surface area contributed by atoms with Crippen LogP contribution in [0.5, 0.6) is 0 Å². The quantitative estimate of drug-likeness (QED) is 0.589. The van der Waals surface area contributed by atoms with Gasteiger partial charge in [-0.15, -0.1) is 5.10 Å². The summed E-state index contributed by atoms with van der Waals surface area (Å²) in [5, 5.41) is 10.6. The number of aromatic nitrogens is 5. The fourth-order valence-corrected chi connectivity index (χ4v) is 0.734. The molecule has 0 fully saturated rings. The van der Waals surface area contributed by atoms with Crippen molar-refractivity contribution >= 4 is 0 Å². The number of nitrogens with zero attached hydrogens (tertiary/aromatic N) is 5. The Bertz CT molecular complexity index is 267. The summed E-state index contributed by atoms with van der Waals surface area (Å²) in [5.74, 6) is 0. The molecule has 0 saturated carbocycles. The van der Waals surface area contributed by atoms with E-state index in [9.17, 15) is 0 Å². The zero-order valence-electron chi connectivity index (χ0n) is 5.58. The van der Waals surface area contributed by atoms with E-state index < -0.39 is 0 Å². The second-order valence-electron chi connectivity index (χ2n) is 1.99. The predicted octanol–water partition coefficient (Wildman–Crippen LogP) is -0.291. The maximum absolute atomic E-state index is 4.77. The van der Waals surface area contributed by atoms with Crippen LogP contribution in [0.3, 0.4) is 0 Å². The van der Waals surface area contributed by atoms with Crippen LogP contribution in [0.25, 0.3) is 0 Å². The van der Waals surface area contributed by atoms with Gasteiger partial charge < -0.3 is 4.42 Å². The normalized spacial score (nSPS) is 10.2. The molecule has 0 radical (unpaired) electrons. The molecule has 0 atom stereocenters. The van der Waals surface area contributed by atoms with Gasteiger partial charge in [-0.05, 0) is 10.4 Å². The highest BCUT2D eigenvalue weighted by Crippen LogP contribution is 1.95. The van der Waals surface area contributed by atoms with Crippen LogP contribution >= 0.6 is 0 Å². The molecule has 0 amide bonds. The van der Waals surface area contributed by atoms with E-state index >= 15 is 0 Å². The third-order valence-corrected chi connectivity index (χ3v) is 1.20. The first-order valence-corrected chi connectivity index (χ1v) is 3.03. The lowest BCUT2D eigenvalue weighted by molar-refractivity contribution is 0.553. The zero-order chi connectivity index (χ0) is 7.52. The molecular formula is C5H5N5O. The average Bonchev–Trinajstić information content (AvgIpc) is 2.60. The SMILES string of the molecule is c1nc(Cn2cnnn2)co1. The molecule has 0 spiro atoms. The van der Waals surface area contributed by atoms with Crippen LogP contribution in [-0.4, -0.2) is 25.2 Å². The molecule has 2 rings (SSSR count). The maximum atomic E-state index is 4.77. The second kappa shape index (κ2) is 2.49. The number of tetrazole rings is 1. The molecule has 0 unspecified atom stereocenters. The van der Waals surface area contributed by atoms with Gasteiger partial charge in [-0.3, -0.25) is 0 Å². The molecular weight excluding hydrogens is 146 g/mol. The van der Waals surface area contributed by atoms with Gasteiger partial charge in [0, 0.05) is 0 Å². The average molecular weight is 151 g/mol. The van der Waals surface area contributed by atoms with Crippen molar-refractivity contribution in [3.63, 3.8) is 0 Å². The van der Waals surface area contributed by atoms with Crippen molar-refractivity contribution in [1.82, 2.24) is 25.2 Å². The van der Waals surface area contributed by atoms with E-state index in [1.54, 1.807) is 10.9 Å². The molecule has 2 heterocycles. The lowest BCUT2D eigenvalue weighted by atomic mass is 10.5. The fourth-order valence-electron chi connectivity index (χ4n) is 0.734. The highest BCUT2D eigenvalue weighted by molar-refractivity contribution is 4.90. The van der Waals surface area contributed by atoms with Crippen LogP contribution in [0.15, 0.2) is 23.4 Å². The molecule has 0 aliphatic rings. The van der Waals surface area contributed by atoms with E-state index in [0.29, 0.717) is 6.54 Å². The Balaban J connectivity index is 2.14. The van der Waals surface area contributed by atoms with Crippen molar-refractivity contribution < 1.29 is 4.42 Å². The Labute approximate surface area is 61.9 Å². The van der Waals surface area contributed by atoms with Gasteiger partial charge in [-0.2, -0.15) is 0 Å². The molecule has 0 aromatic carbocycles. The van der Waals surface area contributed by atoms with Crippen molar-refractivity contribution in [2.24, 2.45) is 0 Å². The first-order valence-electron chi connectivity index (χ1n) is 3.03. The minimum Gasteiger partial charge on any atom is -0.451 e. The van der Waals surface area contributed by atoms with E-state index in [1.165, 1.54) is 12.7 Å². The molecule has 6 heteroatoms. The van der Waals surface area contributed by atoms with Gasteiger partial charge in [0.15, 0.2) is 6.39 Å². The van der Waals surface area contributed by atoms with Crippen molar-refractivity contribution in [2.75, 3.05) is 0 Å². The molecule has 6 nitrogen and oxygen atoms in total. The molecule has 0 N–H and O–H groups in total. The molecule has 2 aromatic rings. The van der Waals surface area contributed by atoms with Gasteiger partial charge in [0.2, 0.25) is 0 Å². The van der Waals surface area contributed by atoms with Gasteiger partial charge in [0.25, 0.3) is 0 Å². The summed E-state index contributed by atoms with van der Waals surface area (Å²) in [7, 11) is 0. The molecule has 2 aromatic heterocycles. The van der Waals surface area contributed by atoms with Gasteiger partial charge >= 0.3 is 0 Å². The summed E-state index contributed by atoms with van der Waals surface area (Å²) >= 11 is 0. The molecule has 0 aliphatic heterocycles. The van der Waals surface area contributed by atoms with Crippen molar-refractivity contribution in [1.29, 1.82) is 0 Å². The minimum absolute atomic E-state index is 0.545. The van der Waals surface area contributed by atoms with Crippen molar-refractivity contribution in [3.05, 3.63) is 24.7 Å². The van der Waals surface area contributed by atoms with E-state index in [2.05, 4.69) is 20.5 Å². The topological polar surface area (TPSA) is 69.6 Å². The van der Waals surface area contributed by atoms with Crippen molar-refractivity contribution in [2.45, 2.75) is 6.54 Å². The molecule has 0 aliphatic carbocycles. The number of hydrogen-bond donors (Lipinski definition) is 0. The van der Waals surface area contributed by atoms with Crippen LogP contribution in [0.4, 0.5) is 0 Å². The largest absolute Gasteiger partial charge is 0.451 e.